The van der Waals surface area contributed by atoms with Gasteiger partial charge in [-0.15, -0.1) is 0 Å². The Bertz CT molecular complexity index is 1240. The van der Waals surface area contributed by atoms with E-state index >= 15 is 0 Å². The van der Waals surface area contributed by atoms with Crippen molar-refractivity contribution in [3.8, 4) is 0 Å². The molecule has 2 aromatic rings. The van der Waals surface area contributed by atoms with Gasteiger partial charge >= 0.3 is 12.1 Å². The molecule has 0 aliphatic heterocycles. The lowest BCUT2D eigenvalue weighted by Crippen LogP contribution is -2.54. The van der Waals surface area contributed by atoms with Crippen LogP contribution in [0, 0.1) is 13.8 Å². The molecular weight excluding hydrogens is 582 g/mol. The number of esters is 1. The minimum Gasteiger partial charge on any atom is -0.466 e. The van der Waals surface area contributed by atoms with Gasteiger partial charge in [-0.1, -0.05) is 98.7 Å². The Balaban J connectivity index is 2.54. The van der Waals surface area contributed by atoms with Crippen LogP contribution < -0.4 is 10.6 Å². The Labute approximate surface area is 275 Å². The highest BCUT2D eigenvalue weighted by atomic mass is 16.6. The molecule has 0 bridgehead atoms. The number of hydrogen-bond acceptors (Lipinski definition) is 6. The zero-order chi connectivity index (χ0) is 34.1. The first-order chi connectivity index (χ1) is 21.8. The number of carbonyl (C=O) groups is 4. The number of unbranched alkanes of at least 4 members (excludes halogenated alkanes) is 5. The van der Waals surface area contributed by atoms with E-state index in [1.54, 1.807) is 32.6 Å². The number of nitrogens with zero attached hydrogens (tertiary/aromatic N) is 1. The van der Waals surface area contributed by atoms with Crippen LogP contribution in [-0.4, -0.2) is 60.1 Å². The van der Waals surface area contributed by atoms with Crippen LogP contribution >= 0.6 is 0 Å². The van der Waals surface area contributed by atoms with E-state index in [4.69, 9.17) is 9.47 Å². The Hall–Kier alpha value is -3.88. The molecule has 254 valence electrons. The number of aryl methyl sites for hydroxylation is 2. The molecule has 0 aliphatic carbocycles. The fraction of sp³-hybridized carbons (Fsp3) is 0.568. The average molecular weight is 638 g/mol. The minimum atomic E-state index is -0.988. The Morgan fingerprint density at radius 3 is 2.11 bits per heavy atom. The van der Waals surface area contributed by atoms with E-state index in [1.165, 1.54) is 0 Å². The number of ether oxygens (including phenoxy) is 2. The molecule has 2 N–H and O–H groups in total. The molecule has 0 aliphatic rings. The summed E-state index contributed by atoms with van der Waals surface area (Å²) in [6.45, 7) is 13.7. The van der Waals surface area contributed by atoms with Crippen LogP contribution in [0.5, 0.6) is 0 Å². The molecule has 0 heterocycles. The monoisotopic (exact) mass is 637 g/mol. The first-order valence-electron chi connectivity index (χ1n) is 16.7. The van der Waals surface area contributed by atoms with Gasteiger partial charge in [0.1, 0.15) is 17.7 Å². The second-order valence-corrected chi connectivity index (χ2v) is 12.9. The van der Waals surface area contributed by atoms with E-state index in [-0.39, 0.29) is 31.9 Å². The predicted octanol–water partition coefficient (Wildman–Crippen LogP) is 6.74. The van der Waals surface area contributed by atoms with Crippen molar-refractivity contribution in [2.24, 2.45) is 0 Å². The van der Waals surface area contributed by atoms with Gasteiger partial charge in [-0.25, -0.2) is 4.79 Å². The number of alkyl carbamates (subject to hydrolysis) is 1. The van der Waals surface area contributed by atoms with Crippen molar-refractivity contribution in [2.45, 2.75) is 118 Å². The molecule has 9 nitrogen and oxygen atoms in total. The van der Waals surface area contributed by atoms with Crippen molar-refractivity contribution in [1.82, 2.24) is 15.5 Å². The molecule has 2 unspecified atom stereocenters. The second-order valence-electron chi connectivity index (χ2n) is 12.9. The lowest BCUT2D eigenvalue weighted by molar-refractivity contribution is -0.144. The Kier molecular flexibility index (Phi) is 16.3. The first-order valence-corrected chi connectivity index (χ1v) is 16.7. The molecule has 0 radical (unpaired) electrons. The fourth-order valence-corrected chi connectivity index (χ4v) is 5.39. The summed E-state index contributed by atoms with van der Waals surface area (Å²) < 4.78 is 10.6. The van der Waals surface area contributed by atoms with Crippen molar-refractivity contribution in [3.05, 3.63) is 70.8 Å². The summed E-state index contributed by atoms with van der Waals surface area (Å²) >= 11 is 0. The third-order valence-corrected chi connectivity index (χ3v) is 7.36. The largest absolute Gasteiger partial charge is 0.466 e. The molecule has 2 aromatic carbocycles. The summed E-state index contributed by atoms with van der Waals surface area (Å²) in [7, 11) is 0. The summed E-state index contributed by atoms with van der Waals surface area (Å²) in [5, 5.41) is 5.69. The van der Waals surface area contributed by atoms with Crippen LogP contribution in [0.4, 0.5) is 4.79 Å². The van der Waals surface area contributed by atoms with Gasteiger partial charge in [0.2, 0.25) is 11.8 Å². The van der Waals surface area contributed by atoms with Crippen LogP contribution in [-0.2, 0) is 30.3 Å². The summed E-state index contributed by atoms with van der Waals surface area (Å²) in [5.74, 6) is -1.19. The van der Waals surface area contributed by atoms with Gasteiger partial charge in [-0.3, -0.25) is 14.4 Å². The maximum Gasteiger partial charge on any atom is 0.408 e. The molecule has 0 spiro atoms. The average Bonchev–Trinajstić information content (AvgIpc) is 2.96. The summed E-state index contributed by atoms with van der Waals surface area (Å²) in [6, 6.07) is 13.3. The van der Waals surface area contributed by atoms with Gasteiger partial charge < -0.3 is 25.0 Å². The third kappa shape index (κ3) is 14.0. The highest BCUT2D eigenvalue weighted by Crippen LogP contribution is 2.26. The number of carbonyl (C=O) groups excluding carboxylic acids is 4. The number of hydrogen-bond donors (Lipinski definition) is 2. The van der Waals surface area contributed by atoms with Crippen LogP contribution in [0.25, 0.3) is 0 Å². The zero-order valence-electron chi connectivity index (χ0n) is 28.9. The number of benzene rings is 2. The molecule has 3 amide bonds. The van der Waals surface area contributed by atoms with Crippen molar-refractivity contribution in [3.63, 3.8) is 0 Å². The highest BCUT2D eigenvalue weighted by Gasteiger charge is 2.36. The Morgan fingerprint density at radius 1 is 0.870 bits per heavy atom. The summed E-state index contributed by atoms with van der Waals surface area (Å²) in [6.07, 6.45) is 5.53. The number of nitrogens with one attached hydrogen (secondary N) is 2. The van der Waals surface area contributed by atoms with Crippen LogP contribution in [0.3, 0.4) is 0 Å². The van der Waals surface area contributed by atoms with E-state index < -0.39 is 35.7 Å². The van der Waals surface area contributed by atoms with Crippen molar-refractivity contribution < 1.29 is 28.7 Å². The molecule has 0 aromatic heterocycles. The molecule has 46 heavy (non-hydrogen) atoms. The van der Waals surface area contributed by atoms with E-state index in [0.29, 0.717) is 18.5 Å². The van der Waals surface area contributed by atoms with Crippen LogP contribution in [0.1, 0.15) is 108 Å². The van der Waals surface area contributed by atoms with E-state index in [9.17, 15) is 19.2 Å². The Morgan fingerprint density at radius 2 is 1.50 bits per heavy atom. The molecule has 2 rings (SSSR count). The molecule has 2 atom stereocenters. The van der Waals surface area contributed by atoms with Gasteiger partial charge in [0, 0.05) is 19.5 Å². The third-order valence-electron chi connectivity index (χ3n) is 7.36. The first kappa shape index (κ1) is 38.3. The number of rotatable bonds is 18. The normalized spacial score (nSPS) is 12.5. The van der Waals surface area contributed by atoms with E-state index in [0.717, 1.165) is 48.8 Å². The van der Waals surface area contributed by atoms with E-state index in [2.05, 4.69) is 17.6 Å². The lowest BCUT2D eigenvalue weighted by Gasteiger charge is -2.35. The molecular formula is C37H55N3O6. The van der Waals surface area contributed by atoms with Gasteiger partial charge in [-0.05, 0) is 59.1 Å². The number of amides is 3. The van der Waals surface area contributed by atoms with Gasteiger partial charge in [0.25, 0.3) is 0 Å². The fourth-order valence-electron chi connectivity index (χ4n) is 5.39. The van der Waals surface area contributed by atoms with Crippen molar-refractivity contribution >= 4 is 23.9 Å². The zero-order valence-corrected chi connectivity index (χ0v) is 28.9. The van der Waals surface area contributed by atoms with Crippen LogP contribution in [0.2, 0.25) is 0 Å². The van der Waals surface area contributed by atoms with Crippen molar-refractivity contribution in [2.75, 3.05) is 19.7 Å². The summed E-state index contributed by atoms with van der Waals surface area (Å²) in [5.41, 5.74) is 2.68. The standard InChI is InChI=1S/C37H55N3O6/c1-8-10-11-12-13-17-22-40(35(43)31(26-29-18-15-14-16-19-29)39-36(44)46-37(5,6)7)33(30-24-27(3)23-28(4)25-30)34(42)38-21-20-32(41)45-9-2/h14-16,18-19,23-25,31,33H,8-13,17,20-22,26H2,1-7H3,(H,38,42)(H,39,44). The summed E-state index contributed by atoms with van der Waals surface area (Å²) in [4.78, 5) is 55.4. The lowest BCUT2D eigenvalue weighted by atomic mass is 9.97. The molecule has 9 heteroatoms. The predicted molar refractivity (Wildman–Crippen MR) is 181 cm³/mol. The maximum atomic E-state index is 14.7. The quantitative estimate of drug-likeness (QED) is 0.138. The molecule has 0 saturated carbocycles. The van der Waals surface area contributed by atoms with Gasteiger partial charge in [-0.2, -0.15) is 0 Å². The van der Waals surface area contributed by atoms with E-state index in [1.807, 2.05) is 62.4 Å². The highest BCUT2D eigenvalue weighted by molar-refractivity contribution is 5.92. The second kappa shape index (κ2) is 19.6. The van der Waals surface area contributed by atoms with Gasteiger partial charge in [0.15, 0.2) is 0 Å². The topological polar surface area (TPSA) is 114 Å². The molecule has 0 saturated heterocycles. The maximum absolute atomic E-state index is 14.7. The van der Waals surface area contributed by atoms with Crippen LogP contribution in [0.15, 0.2) is 48.5 Å². The SMILES string of the molecule is CCCCCCCCN(C(=O)C(Cc1ccccc1)NC(=O)OC(C)(C)C)C(C(=O)NCCC(=O)OCC)c1cc(C)cc(C)c1. The van der Waals surface area contributed by atoms with Crippen molar-refractivity contribution in [1.29, 1.82) is 0 Å². The smallest absolute Gasteiger partial charge is 0.408 e. The molecule has 0 fully saturated rings. The minimum absolute atomic E-state index is 0.0152. The van der Waals surface area contributed by atoms with Gasteiger partial charge in [0.05, 0.1) is 13.0 Å².